The van der Waals surface area contributed by atoms with E-state index < -0.39 is 0 Å². The van der Waals surface area contributed by atoms with Crippen LogP contribution in [0.2, 0.25) is 0 Å². The summed E-state index contributed by atoms with van der Waals surface area (Å²) in [4.78, 5) is 0. The van der Waals surface area contributed by atoms with E-state index in [0.29, 0.717) is 0 Å². The molecule has 3 heterocycles. The molecule has 24 aromatic carbocycles. The lowest BCUT2D eigenvalue weighted by Gasteiger charge is -2.22. The first-order chi connectivity index (χ1) is 63.0. The Balaban J connectivity index is 0.566. The molecule has 0 N–H and O–H groups in total. The van der Waals surface area contributed by atoms with Crippen molar-refractivity contribution in [2.75, 3.05) is 0 Å². The zero-order valence-electron chi connectivity index (χ0n) is 68.8. The molecule has 0 saturated heterocycles. The van der Waals surface area contributed by atoms with E-state index in [2.05, 4.69) is 437 Å². The van der Waals surface area contributed by atoms with Crippen molar-refractivity contribution in [2.45, 2.75) is 0 Å². The lowest BCUT2D eigenvalue weighted by molar-refractivity contribution is 0.670. The Bertz CT molecular complexity index is 9210. The van der Waals surface area contributed by atoms with Gasteiger partial charge < -0.3 is 13.3 Å². The van der Waals surface area contributed by atoms with E-state index in [-0.39, 0.29) is 0 Å². The van der Waals surface area contributed by atoms with Crippen LogP contribution in [0.15, 0.2) is 450 Å². The molecule has 0 aliphatic heterocycles. The van der Waals surface area contributed by atoms with Crippen LogP contribution in [0.4, 0.5) is 0 Å². The van der Waals surface area contributed by atoms with Gasteiger partial charge in [-0.05, 0) is 234 Å². The molecule has 3 heteroatoms. The summed E-state index contributed by atoms with van der Waals surface area (Å²) in [5.74, 6) is 0. The zero-order valence-corrected chi connectivity index (χ0v) is 68.8. The molecule has 0 saturated carbocycles. The van der Waals surface area contributed by atoms with Gasteiger partial charge in [0.2, 0.25) is 0 Å². The van der Waals surface area contributed by atoms with Crippen LogP contribution in [0.3, 0.4) is 0 Å². The maximum absolute atomic E-state index is 7.37. The SMILES string of the molecule is c1ccc(-c2ccccc2-c2c3ccccc3c(-c3c4ccccc4c(-c4ccc(-c5c6ccccc6c(-c6c7ccccc7c(-c7ccc8cc(-c9ccc(-c%10c%11ccccc%11c(-c%11ccc%12oc%13c%14ccccc%14ccc%13c%12c%11)c%11ccccc%10%11)cc9)ccc8c7)c7oc8ccccc8c67)c6ccccc56)cc4)c4oc5ccccc5c34)c3ccccc23)cc1. The Kier molecular flexibility index (Phi) is 15.6. The summed E-state index contributed by atoms with van der Waals surface area (Å²) in [5.41, 5.74) is 28.5. The average Bonchev–Trinajstić information content (AvgIpc) is 1.62. The van der Waals surface area contributed by atoms with Gasteiger partial charge in [0.1, 0.15) is 33.5 Å². The van der Waals surface area contributed by atoms with Gasteiger partial charge in [-0.2, -0.15) is 0 Å². The van der Waals surface area contributed by atoms with Gasteiger partial charge >= 0.3 is 0 Å². The fourth-order valence-corrected chi connectivity index (χ4v) is 22.0. The largest absolute Gasteiger partial charge is 0.455 e. The highest BCUT2D eigenvalue weighted by molar-refractivity contribution is 6.36. The first-order valence-corrected chi connectivity index (χ1v) is 43.8. The first-order valence-electron chi connectivity index (χ1n) is 43.8. The summed E-state index contributed by atoms with van der Waals surface area (Å²) >= 11 is 0. The highest BCUT2D eigenvalue weighted by Gasteiger charge is 2.31. The van der Waals surface area contributed by atoms with Crippen LogP contribution in [0.5, 0.6) is 0 Å². The summed E-state index contributed by atoms with van der Waals surface area (Å²) in [7, 11) is 0. The molecule has 27 aromatic rings. The lowest BCUT2D eigenvalue weighted by atomic mass is 9.80. The molecule has 0 amide bonds. The summed E-state index contributed by atoms with van der Waals surface area (Å²) in [6, 6.07) is 161. The number of fused-ring (bicyclic) bond motifs is 20. The van der Waals surface area contributed by atoms with Gasteiger partial charge in [-0.25, -0.2) is 0 Å². The fourth-order valence-electron chi connectivity index (χ4n) is 22.0. The molecule has 0 fully saturated rings. The molecule has 3 aromatic heterocycles. The van der Waals surface area contributed by atoms with Crippen molar-refractivity contribution in [3.8, 4) is 111 Å². The highest BCUT2D eigenvalue weighted by atomic mass is 16.3. The minimum Gasteiger partial charge on any atom is -0.455 e. The molecular weight excluding hydrogens is 1540 g/mol. The van der Waals surface area contributed by atoms with E-state index in [1.54, 1.807) is 0 Å². The topological polar surface area (TPSA) is 39.4 Å². The van der Waals surface area contributed by atoms with Gasteiger partial charge in [-0.3, -0.25) is 0 Å². The number of rotatable bonds is 10. The Morgan fingerprint density at radius 2 is 0.409 bits per heavy atom. The number of hydrogen-bond donors (Lipinski definition) is 0. The predicted molar refractivity (Wildman–Crippen MR) is 538 cm³/mol. The summed E-state index contributed by atoms with van der Waals surface area (Å²) < 4.78 is 21.4. The molecule has 0 bridgehead atoms. The van der Waals surface area contributed by atoms with Crippen LogP contribution < -0.4 is 0 Å². The van der Waals surface area contributed by atoms with Gasteiger partial charge in [0.05, 0.1) is 0 Å². The van der Waals surface area contributed by atoms with Crippen molar-refractivity contribution in [1.82, 2.24) is 0 Å². The van der Waals surface area contributed by atoms with Crippen LogP contribution in [0.1, 0.15) is 0 Å². The standard InChI is InChI=1S/C124H72O3/c1-2-28-74(29-3-1)84-31-6-7-33-86(84)115-95-42-16-20-46-99(95)117(100-47-21-17-43-96(100)115)118-101-48-22-14-40-93(101)113(123-120(118)104-50-24-26-52-107(104)126-123)78-60-58-77(59-61-78)111-91-38-12-18-44-97(91)116(98-45-19-13-39-92(98)111)119-102-49-23-15-41-94(102)114(124-121(119)105-51-25-27-53-108(105)127-124)82-65-64-80-70-79(62-63-81(80)71-82)73-54-56-76(57-55-73)110-87-34-8-10-36-89(87)112(90-37-11-9-35-88(90)110)83-67-69-109-106(72-83)103-68-66-75-30-4-5-32-85(75)122(103)125-109/h1-72H. The number of benzene rings is 24. The Morgan fingerprint density at radius 3 is 0.882 bits per heavy atom. The van der Waals surface area contributed by atoms with E-state index in [0.717, 1.165) is 143 Å². The third-order valence-corrected chi connectivity index (χ3v) is 27.4. The van der Waals surface area contributed by atoms with Crippen molar-refractivity contribution in [2.24, 2.45) is 0 Å². The zero-order chi connectivity index (χ0) is 83.1. The maximum atomic E-state index is 7.37. The summed E-state index contributed by atoms with van der Waals surface area (Å²) in [6.45, 7) is 0. The van der Waals surface area contributed by atoms with Crippen molar-refractivity contribution >= 4 is 174 Å². The summed E-state index contributed by atoms with van der Waals surface area (Å²) in [6.07, 6.45) is 0. The minimum absolute atomic E-state index is 0.849. The number of hydrogen-bond acceptors (Lipinski definition) is 3. The molecule has 0 aliphatic rings. The molecule has 0 aliphatic carbocycles. The van der Waals surface area contributed by atoms with Crippen LogP contribution in [-0.4, -0.2) is 0 Å². The van der Waals surface area contributed by atoms with Gasteiger partial charge in [0, 0.05) is 60.0 Å². The quantitative estimate of drug-likeness (QED) is 0.128. The fraction of sp³-hybridized carbons (Fsp3) is 0. The molecular formula is C124H72O3. The van der Waals surface area contributed by atoms with E-state index in [1.807, 2.05) is 0 Å². The van der Waals surface area contributed by atoms with E-state index in [1.165, 1.54) is 142 Å². The lowest BCUT2D eigenvalue weighted by Crippen LogP contribution is -1.95. The van der Waals surface area contributed by atoms with Crippen LogP contribution in [0, 0.1) is 0 Å². The van der Waals surface area contributed by atoms with Crippen molar-refractivity contribution in [3.63, 3.8) is 0 Å². The third-order valence-electron chi connectivity index (χ3n) is 27.4. The molecule has 27 rings (SSSR count). The smallest absolute Gasteiger partial charge is 0.144 e. The van der Waals surface area contributed by atoms with Gasteiger partial charge in [-0.15, -0.1) is 0 Å². The molecule has 0 spiro atoms. The Morgan fingerprint density at radius 1 is 0.118 bits per heavy atom. The second kappa shape index (κ2) is 27.9. The Labute approximate surface area is 729 Å². The highest BCUT2D eigenvalue weighted by Crippen LogP contribution is 2.57. The molecule has 0 unspecified atom stereocenters. The first kappa shape index (κ1) is 70.9. The second-order valence-corrected chi connectivity index (χ2v) is 34.0. The van der Waals surface area contributed by atoms with Crippen molar-refractivity contribution in [3.05, 3.63) is 437 Å². The molecule has 3 nitrogen and oxygen atoms in total. The van der Waals surface area contributed by atoms with Crippen LogP contribution >= 0.6 is 0 Å². The minimum atomic E-state index is 0.849. The monoisotopic (exact) mass is 1610 g/mol. The van der Waals surface area contributed by atoms with Crippen LogP contribution in [-0.2, 0) is 0 Å². The third kappa shape index (κ3) is 10.7. The van der Waals surface area contributed by atoms with Crippen LogP contribution in [0.25, 0.3) is 285 Å². The van der Waals surface area contributed by atoms with Crippen molar-refractivity contribution < 1.29 is 13.3 Å². The molecule has 0 radical (unpaired) electrons. The maximum Gasteiger partial charge on any atom is 0.144 e. The number of para-hydroxylation sites is 2. The molecule has 586 valence electrons. The number of furan rings is 3. The van der Waals surface area contributed by atoms with Gasteiger partial charge in [0.15, 0.2) is 0 Å². The second-order valence-electron chi connectivity index (χ2n) is 34.0. The van der Waals surface area contributed by atoms with Crippen molar-refractivity contribution in [1.29, 1.82) is 0 Å². The van der Waals surface area contributed by atoms with E-state index in [9.17, 15) is 0 Å². The normalized spacial score (nSPS) is 12.1. The summed E-state index contributed by atoms with van der Waals surface area (Å²) in [5, 5.41) is 30.1. The molecule has 0 atom stereocenters. The average molecular weight is 1610 g/mol. The van der Waals surface area contributed by atoms with Gasteiger partial charge in [-0.1, -0.05) is 394 Å². The van der Waals surface area contributed by atoms with Gasteiger partial charge in [0.25, 0.3) is 0 Å². The molecule has 127 heavy (non-hydrogen) atoms. The van der Waals surface area contributed by atoms with E-state index >= 15 is 0 Å². The predicted octanol–water partition coefficient (Wildman–Crippen LogP) is 35.6. The van der Waals surface area contributed by atoms with E-state index in [4.69, 9.17) is 13.3 Å². The Hall–Kier alpha value is -16.7.